The van der Waals surface area contributed by atoms with E-state index in [1.54, 1.807) is 7.11 Å². The normalized spacial score (nSPS) is 20.0. The standard InChI is InChI=1S/C21H24N2O2S/c1-25-17-10-8-16(9-11-17)18-6-4-12-22(18)15-21(24)23-13-14-26-20-7-3-2-5-19(20)23/h2-3,5,7-11,18H,4,6,12-15H2,1H3/t18-/m0/s1. The van der Waals surface area contributed by atoms with Crippen molar-refractivity contribution in [3.63, 3.8) is 0 Å². The van der Waals surface area contributed by atoms with Gasteiger partial charge < -0.3 is 9.64 Å². The highest BCUT2D eigenvalue weighted by Gasteiger charge is 2.30. The largest absolute Gasteiger partial charge is 0.497 e. The van der Waals surface area contributed by atoms with Crippen LogP contribution in [0.2, 0.25) is 0 Å². The molecule has 0 bridgehead atoms. The fourth-order valence-electron chi connectivity index (χ4n) is 3.91. The lowest BCUT2D eigenvalue weighted by Gasteiger charge is -2.32. The lowest BCUT2D eigenvalue weighted by Crippen LogP contribution is -2.42. The van der Waals surface area contributed by atoms with Crippen LogP contribution in [0.3, 0.4) is 0 Å². The maximum atomic E-state index is 13.0. The van der Waals surface area contributed by atoms with Gasteiger partial charge in [-0.1, -0.05) is 24.3 Å². The van der Waals surface area contributed by atoms with Crippen molar-refractivity contribution in [2.45, 2.75) is 23.8 Å². The molecule has 4 nitrogen and oxygen atoms in total. The summed E-state index contributed by atoms with van der Waals surface area (Å²) in [5, 5.41) is 0. The monoisotopic (exact) mass is 368 g/mol. The van der Waals surface area contributed by atoms with E-state index in [1.807, 2.05) is 40.9 Å². The molecule has 2 aliphatic heterocycles. The number of benzene rings is 2. The average molecular weight is 369 g/mol. The minimum Gasteiger partial charge on any atom is -0.497 e. The molecule has 2 aromatic rings. The van der Waals surface area contributed by atoms with Crippen LogP contribution >= 0.6 is 11.8 Å². The van der Waals surface area contributed by atoms with E-state index in [2.05, 4.69) is 29.2 Å². The van der Waals surface area contributed by atoms with Crippen LogP contribution in [0.25, 0.3) is 0 Å². The molecule has 1 atom stereocenters. The highest BCUT2D eigenvalue weighted by atomic mass is 32.2. The molecule has 136 valence electrons. The second-order valence-corrected chi connectivity index (χ2v) is 7.90. The molecule has 4 rings (SSSR count). The van der Waals surface area contributed by atoms with E-state index >= 15 is 0 Å². The highest BCUT2D eigenvalue weighted by molar-refractivity contribution is 7.99. The number of likely N-dealkylation sites (tertiary alicyclic amines) is 1. The summed E-state index contributed by atoms with van der Waals surface area (Å²) in [6, 6.07) is 16.8. The van der Waals surface area contributed by atoms with E-state index < -0.39 is 0 Å². The Kier molecular flexibility index (Phi) is 5.18. The Labute approximate surface area is 159 Å². The van der Waals surface area contributed by atoms with Crippen LogP contribution in [-0.2, 0) is 4.79 Å². The van der Waals surface area contributed by atoms with Crippen LogP contribution in [0.5, 0.6) is 5.75 Å². The Morgan fingerprint density at radius 2 is 1.96 bits per heavy atom. The lowest BCUT2D eigenvalue weighted by atomic mass is 10.0. The van der Waals surface area contributed by atoms with Gasteiger partial charge in [-0.3, -0.25) is 9.69 Å². The van der Waals surface area contributed by atoms with Crippen molar-refractivity contribution >= 4 is 23.4 Å². The topological polar surface area (TPSA) is 32.8 Å². The van der Waals surface area contributed by atoms with Gasteiger partial charge >= 0.3 is 0 Å². The second kappa shape index (κ2) is 7.72. The number of hydrogen-bond donors (Lipinski definition) is 0. The van der Waals surface area contributed by atoms with Gasteiger partial charge in [-0.2, -0.15) is 0 Å². The number of anilines is 1. The van der Waals surface area contributed by atoms with Crippen molar-refractivity contribution in [2.75, 3.05) is 37.4 Å². The zero-order valence-electron chi connectivity index (χ0n) is 15.1. The van der Waals surface area contributed by atoms with Gasteiger partial charge in [0.2, 0.25) is 5.91 Å². The molecule has 2 aliphatic rings. The number of fused-ring (bicyclic) bond motifs is 1. The minimum absolute atomic E-state index is 0.207. The Hall–Kier alpha value is -1.98. The smallest absolute Gasteiger partial charge is 0.241 e. The van der Waals surface area contributed by atoms with Gasteiger partial charge in [-0.15, -0.1) is 11.8 Å². The summed E-state index contributed by atoms with van der Waals surface area (Å²) in [5.74, 6) is 2.04. The van der Waals surface area contributed by atoms with Crippen LogP contribution in [0.1, 0.15) is 24.4 Å². The van der Waals surface area contributed by atoms with E-state index in [-0.39, 0.29) is 5.91 Å². The van der Waals surface area contributed by atoms with Gasteiger partial charge in [-0.05, 0) is 49.2 Å². The van der Waals surface area contributed by atoms with E-state index in [9.17, 15) is 4.79 Å². The molecule has 1 amide bonds. The molecule has 0 N–H and O–H groups in total. The number of rotatable bonds is 4. The Morgan fingerprint density at radius 3 is 2.77 bits per heavy atom. The molecule has 2 heterocycles. The van der Waals surface area contributed by atoms with Gasteiger partial charge in [0.05, 0.1) is 19.3 Å². The van der Waals surface area contributed by atoms with E-state index in [0.29, 0.717) is 12.6 Å². The Balaban J connectivity index is 1.48. The first-order valence-electron chi connectivity index (χ1n) is 9.16. The molecular weight excluding hydrogens is 344 g/mol. The SMILES string of the molecule is COc1ccc([C@@H]2CCCN2CC(=O)N2CCSc3ccccc32)cc1. The molecule has 0 saturated carbocycles. The average Bonchev–Trinajstić information content (AvgIpc) is 3.15. The van der Waals surface area contributed by atoms with Crippen LogP contribution in [0, 0.1) is 0 Å². The van der Waals surface area contributed by atoms with E-state index in [4.69, 9.17) is 4.74 Å². The number of nitrogens with zero attached hydrogens (tertiary/aromatic N) is 2. The lowest BCUT2D eigenvalue weighted by molar-refractivity contribution is -0.120. The van der Waals surface area contributed by atoms with Crippen molar-refractivity contribution in [1.29, 1.82) is 0 Å². The second-order valence-electron chi connectivity index (χ2n) is 6.76. The van der Waals surface area contributed by atoms with Gasteiger partial charge in [0.1, 0.15) is 5.75 Å². The molecule has 2 aromatic carbocycles. The predicted molar refractivity (Wildman–Crippen MR) is 106 cm³/mol. The van der Waals surface area contributed by atoms with Crippen LogP contribution in [0.15, 0.2) is 53.4 Å². The third-order valence-corrected chi connectivity index (χ3v) is 6.28. The number of thioether (sulfide) groups is 1. The van der Waals surface area contributed by atoms with Gasteiger partial charge in [0, 0.05) is 23.2 Å². The Morgan fingerprint density at radius 1 is 1.15 bits per heavy atom. The molecule has 0 aliphatic carbocycles. The maximum Gasteiger partial charge on any atom is 0.241 e. The van der Waals surface area contributed by atoms with E-state index in [0.717, 1.165) is 43.1 Å². The fraction of sp³-hybridized carbons (Fsp3) is 0.381. The zero-order valence-corrected chi connectivity index (χ0v) is 15.9. The van der Waals surface area contributed by atoms with Crippen molar-refractivity contribution in [2.24, 2.45) is 0 Å². The summed E-state index contributed by atoms with van der Waals surface area (Å²) in [5.41, 5.74) is 2.33. The summed E-state index contributed by atoms with van der Waals surface area (Å²) in [6.07, 6.45) is 2.24. The number of ether oxygens (including phenoxy) is 1. The first-order valence-corrected chi connectivity index (χ1v) is 10.1. The number of hydrogen-bond acceptors (Lipinski definition) is 4. The number of carbonyl (C=O) groups excluding carboxylic acids is 1. The molecule has 0 radical (unpaired) electrons. The summed E-state index contributed by atoms with van der Waals surface area (Å²) in [7, 11) is 1.68. The fourth-order valence-corrected chi connectivity index (χ4v) is 4.90. The zero-order chi connectivity index (χ0) is 17.9. The van der Waals surface area contributed by atoms with Crippen molar-refractivity contribution in [1.82, 2.24) is 4.90 Å². The van der Waals surface area contributed by atoms with Crippen LogP contribution < -0.4 is 9.64 Å². The molecule has 5 heteroatoms. The number of carbonyl (C=O) groups is 1. The third-order valence-electron chi connectivity index (χ3n) is 5.23. The summed E-state index contributed by atoms with van der Waals surface area (Å²) < 4.78 is 5.26. The first kappa shape index (κ1) is 17.4. The molecule has 0 aromatic heterocycles. The highest BCUT2D eigenvalue weighted by Crippen LogP contribution is 2.36. The molecular formula is C21H24N2O2S. The Bertz CT molecular complexity index is 778. The summed E-state index contributed by atoms with van der Waals surface area (Å²) >= 11 is 1.83. The predicted octanol–water partition coefficient (Wildman–Crippen LogP) is 3.97. The molecule has 1 fully saturated rings. The first-order chi connectivity index (χ1) is 12.8. The number of methoxy groups -OCH3 is 1. The maximum absolute atomic E-state index is 13.0. The summed E-state index contributed by atoms with van der Waals surface area (Å²) in [4.78, 5) is 18.6. The van der Waals surface area contributed by atoms with Crippen LogP contribution in [0.4, 0.5) is 5.69 Å². The molecule has 1 saturated heterocycles. The quantitative estimate of drug-likeness (QED) is 0.817. The van der Waals surface area contributed by atoms with Crippen molar-refractivity contribution in [3.05, 3.63) is 54.1 Å². The molecule has 0 unspecified atom stereocenters. The van der Waals surface area contributed by atoms with Gasteiger partial charge in [0.25, 0.3) is 0 Å². The van der Waals surface area contributed by atoms with Crippen molar-refractivity contribution in [3.8, 4) is 5.75 Å². The van der Waals surface area contributed by atoms with Crippen molar-refractivity contribution < 1.29 is 9.53 Å². The summed E-state index contributed by atoms with van der Waals surface area (Å²) in [6.45, 7) is 2.25. The number of amides is 1. The van der Waals surface area contributed by atoms with E-state index in [1.165, 1.54) is 10.5 Å². The third kappa shape index (κ3) is 3.46. The van der Waals surface area contributed by atoms with Gasteiger partial charge in [0.15, 0.2) is 0 Å². The van der Waals surface area contributed by atoms with Crippen LogP contribution in [-0.4, -0.2) is 43.3 Å². The minimum atomic E-state index is 0.207. The number of para-hydroxylation sites is 1. The van der Waals surface area contributed by atoms with Gasteiger partial charge in [-0.25, -0.2) is 0 Å². The molecule has 26 heavy (non-hydrogen) atoms. The molecule has 0 spiro atoms.